The predicted molar refractivity (Wildman–Crippen MR) is 57.8 cm³/mol. The van der Waals surface area contributed by atoms with Crippen molar-refractivity contribution >= 4 is 6.09 Å². The molecule has 0 spiro atoms. The van der Waals surface area contributed by atoms with E-state index in [2.05, 4.69) is 5.32 Å². The van der Waals surface area contributed by atoms with Gasteiger partial charge in [-0.2, -0.15) is 0 Å². The molecule has 0 saturated carbocycles. The maximum atomic E-state index is 12.0. The maximum Gasteiger partial charge on any atom is 0.410 e. The smallest absolute Gasteiger partial charge is 0.410 e. The molecule has 2 fully saturated rings. The van der Waals surface area contributed by atoms with Gasteiger partial charge >= 0.3 is 6.09 Å². The quantitative estimate of drug-likeness (QED) is 0.659. The third-order valence-corrected chi connectivity index (χ3v) is 2.98. The molecule has 2 rings (SSSR count). The normalized spacial score (nSPS) is 30.5. The van der Waals surface area contributed by atoms with E-state index in [1.807, 2.05) is 25.7 Å². The largest absolute Gasteiger partial charge is 0.444 e. The van der Waals surface area contributed by atoms with Gasteiger partial charge in [-0.1, -0.05) is 0 Å². The van der Waals surface area contributed by atoms with E-state index in [0.29, 0.717) is 12.1 Å². The first-order chi connectivity index (χ1) is 6.97. The molecule has 2 saturated heterocycles. The van der Waals surface area contributed by atoms with Crippen molar-refractivity contribution < 1.29 is 9.53 Å². The Bertz CT molecular complexity index is 244. The molecule has 2 bridgehead atoms. The summed E-state index contributed by atoms with van der Waals surface area (Å²) in [4.78, 5) is 13.9. The van der Waals surface area contributed by atoms with E-state index < -0.39 is 0 Å². The van der Waals surface area contributed by atoms with Crippen LogP contribution in [0.4, 0.5) is 4.79 Å². The number of amides is 1. The van der Waals surface area contributed by atoms with Crippen molar-refractivity contribution in [2.75, 3.05) is 13.1 Å². The second-order valence-corrected chi connectivity index (χ2v) is 5.43. The fraction of sp³-hybridized carbons (Fsp3) is 0.909. The minimum absolute atomic E-state index is 0.142. The molecule has 0 aliphatic carbocycles. The Kier molecular flexibility index (Phi) is 2.63. The summed E-state index contributed by atoms with van der Waals surface area (Å²) in [5.74, 6) is 0. The summed E-state index contributed by atoms with van der Waals surface area (Å²) in [6.45, 7) is 7.56. The van der Waals surface area contributed by atoms with E-state index in [-0.39, 0.29) is 11.7 Å². The lowest BCUT2D eigenvalue weighted by Gasteiger charge is -2.36. The monoisotopic (exact) mass is 212 g/mol. The third-order valence-electron chi connectivity index (χ3n) is 2.98. The summed E-state index contributed by atoms with van der Waals surface area (Å²) in [6, 6.07) is 0.692. The zero-order valence-electron chi connectivity index (χ0n) is 9.75. The first-order valence-electron chi connectivity index (χ1n) is 5.69. The van der Waals surface area contributed by atoms with E-state index in [1.165, 1.54) is 0 Å². The van der Waals surface area contributed by atoms with Crippen LogP contribution in [0.3, 0.4) is 0 Å². The molecule has 2 atom stereocenters. The van der Waals surface area contributed by atoms with Crippen LogP contribution in [-0.4, -0.2) is 41.8 Å². The molecule has 2 aliphatic heterocycles. The summed E-state index contributed by atoms with van der Waals surface area (Å²) < 4.78 is 5.42. The Hall–Kier alpha value is -0.770. The zero-order chi connectivity index (χ0) is 11.1. The van der Waals surface area contributed by atoms with Gasteiger partial charge in [0.1, 0.15) is 5.60 Å². The van der Waals surface area contributed by atoms with Crippen LogP contribution >= 0.6 is 0 Å². The van der Waals surface area contributed by atoms with E-state index in [9.17, 15) is 4.79 Å². The van der Waals surface area contributed by atoms with Gasteiger partial charge in [-0.25, -0.2) is 4.79 Å². The molecular formula is C11H20N2O2. The number of carbonyl (C=O) groups excluding carboxylic acids is 1. The van der Waals surface area contributed by atoms with E-state index >= 15 is 0 Å². The van der Waals surface area contributed by atoms with Crippen LogP contribution in [0.25, 0.3) is 0 Å². The molecule has 2 heterocycles. The molecule has 15 heavy (non-hydrogen) atoms. The van der Waals surface area contributed by atoms with Crippen LogP contribution in [-0.2, 0) is 4.74 Å². The predicted octanol–water partition coefficient (Wildman–Crippen LogP) is 1.36. The first-order valence-corrected chi connectivity index (χ1v) is 5.69. The molecule has 1 amide bonds. The van der Waals surface area contributed by atoms with Gasteiger partial charge in [0.2, 0.25) is 0 Å². The van der Waals surface area contributed by atoms with Gasteiger partial charge in [0.15, 0.2) is 0 Å². The van der Waals surface area contributed by atoms with Crippen molar-refractivity contribution in [3.8, 4) is 0 Å². The number of nitrogens with one attached hydrogen (secondary N) is 1. The second kappa shape index (κ2) is 3.67. The Morgan fingerprint density at radius 3 is 2.27 bits per heavy atom. The van der Waals surface area contributed by atoms with E-state index in [0.717, 1.165) is 25.9 Å². The van der Waals surface area contributed by atoms with Gasteiger partial charge in [0.05, 0.1) is 0 Å². The number of hydrogen-bond acceptors (Lipinski definition) is 3. The van der Waals surface area contributed by atoms with Crippen molar-refractivity contribution in [1.82, 2.24) is 10.2 Å². The molecule has 0 radical (unpaired) electrons. The minimum atomic E-state index is -0.388. The second-order valence-electron chi connectivity index (χ2n) is 5.43. The molecule has 1 N–H and O–H groups in total. The Morgan fingerprint density at radius 1 is 1.27 bits per heavy atom. The summed E-state index contributed by atoms with van der Waals surface area (Å²) in [7, 11) is 0. The van der Waals surface area contributed by atoms with Gasteiger partial charge < -0.3 is 10.1 Å². The highest BCUT2D eigenvalue weighted by Gasteiger charge is 2.41. The first kappa shape index (κ1) is 10.7. The molecule has 4 heteroatoms. The Balaban J connectivity index is 2.01. The number of fused-ring (bicyclic) bond motifs is 2. The topological polar surface area (TPSA) is 41.6 Å². The number of ether oxygens (including phenoxy) is 1. The molecule has 1 unspecified atom stereocenters. The molecule has 2 aliphatic rings. The van der Waals surface area contributed by atoms with Crippen molar-refractivity contribution in [3.63, 3.8) is 0 Å². The number of nitrogens with zero attached hydrogens (tertiary/aromatic N) is 1. The fourth-order valence-corrected chi connectivity index (χ4v) is 2.39. The number of rotatable bonds is 0. The Labute approximate surface area is 91.0 Å². The van der Waals surface area contributed by atoms with Crippen LogP contribution < -0.4 is 5.32 Å². The van der Waals surface area contributed by atoms with Crippen LogP contribution in [0, 0.1) is 0 Å². The molecule has 0 aromatic heterocycles. The van der Waals surface area contributed by atoms with Gasteiger partial charge in [0, 0.05) is 25.2 Å². The summed E-state index contributed by atoms with van der Waals surface area (Å²) in [6.07, 6.45) is 2.07. The van der Waals surface area contributed by atoms with Crippen LogP contribution in [0.15, 0.2) is 0 Å². The highest BCUT2D eigenvalue weighted by molar-refractivity contribution is 5.69. The number of carbonyl (C=O) groups is 1. The maximum absolute atomic E-state index is 12.0. The van der Waals surface area contributed by atoms with Crippen molar-refractivity contribution in [1.29, 1.82) is 0 Å². The fourth-order valence-electron chi connectivity index (χ4n) is 2.39. The lowest BCUT2D eigenvalue weighted by Crippen LogP contribution is -2.55. The number of hydrogen-bond donors (Lipinski definition) is 1. The van der Waals surface area contributed by atoms with Crippen LogP contribution in [0.5, 0.6) is 0 Å². The van der Waals surface area contributed by atoms with Crippen LogP contribution in [0.1, 0.15) is 33.6 Å². The van der Waals surface area contributed by atoms with Gasteiger partial charge in [-0.3, -0.25) is 4.90 Å². The molecule has 86 valence electrons. The van der Waals surface area contributed by atoms with Gasteiger partial charge in [-0.05, 0) is 33.6 Å². The summed E-state index contributed by atoms with van der Waals surface area (Å²) in [5, 5.41) is 3.35. The lowest BCUT2D eigenvalue weighted by atomic mass is 10.2. The third kappa shape index (κ3) is 2.25. The molecule has 4 nitrogen and oxygen atoms in total. The zero-order valence-corrected chi connectivity index (χ0v) is 9.75. The molecular weight excluding hydrogens is 192 g/mol. The summed E-state index contributed by atoms with van der Waals surface area (Å²) in [5.41, 5.74) is -0.388. The standard InChI is InChI=1S/C11H20N2O2/c1-11(2,3)15-10(14)13-8-4-5-9(13)7-12-6-8/h8-9,12H,4-7H2,1-3H3/t8-,9?/m1/s1. The average Bonchev–Trinajstić information content (AvgIpc) is 2.34. The SMILES string of the molecule is CC(C)(C)OC(=O)N1C2CC[C@@H]1CNC2. The molecule has 0 aromatic carbocycles. The van der Waals surface area contributed by atoms with Gasteiger partial charge in [-0.15, -0.1) is 0 Å². The number of piperazine rings is 1. The van der Waals surface area contributed by atoms with Crippen molar-refractivity contribution in [2.45, 2.75) is 51.3 Å². The van der Waals surface area contributed by atoms with Gasteiger partial charge in [0.25, 0.3) is 0 Å². The van der Waals surface area contributed by atoms with E-state index in [1.54, 1.807) is 0 Å². The average molecular weight is 212 g/mol. The van der Waals surface area contributed by atoms with Crippen molar-refractivity contribution in [3.05, 3.63) is 0 Å². The van der Waals surface area contributed by atoms with Crippen molar-refractivity contribution in [2.24, 2.45) is 0 Å². The molecule has 0 aromatic rings. The van der Waals surface area contributed by atoms with E-state index in [4.69, 9.17) is 4.74 Å². The minimum Gasteiger partial charge on any atom is -0.444 e. The summed E-state index contributed by atoms with van der Waals surface area (Å²) >= 11 is 0. The highest BCUT2D eigenvalue weighted by Crippen LogP contribution is 2.28. The highest BCUT2D eigenvalue weighted by atomic mass is 16.6. The van der Waals surface area contributed by atoms with Crippen LogP contribution in [0.2, 0.25) is 0 Å². The Morgan fingerprint density at radius 2 is 1.80 bits per heavy atom. The lowest BCUT2D eigenvalue weighted by molar-refractivity contribution is 0.0102.